The summed E-state index contributed by atoms with van der Waals surface area (Å²) < 4.78 is 4.81. The number of carbonyl (C=O) groups excluding carboxylic acids is 1. The second kappa shape index (κ2) is 4.69. The lowest BCUT2D eigenvalue weighted by molar-refractivity contribution is -0.141. The molecule has 0 N–H and O–H groups in total. The van der Waals surface area contributed by atoms with Crippen LogP contribution in [0.2, 0.25) is 0 Å². The lowest BCUT2D eigenvalue weighted by Crippen LogP contribution is -2.38. The van der Waals surface area contributed by atoms with E-state index in [1.165, 1.54) is 7.11 Å². The van der Waals surface area contributed by atoms with Crippen molar-refractivity contribution < 1.29 is 9.53 Å². The van der Waals surface area contributed by atoms with Gasteiger partial charge >= 0.3 is 5.97 Å². The Balaban J connectivity index is 2.28. The third-order valence-corrected chi connectivity index (χ3v) is 2.95. The molecular weight excluding hydrogens is 218 g/mol. The third-order valence-electron chi connectivity index (χ3n) is 2.95. The van der Waals surface area contributed by atoms with Gasteiger partial charge in [-0.3, -0.25) is 0 Å². The predicted molar refractivity (Wildman–Crippen MR) is 63.9 cm³/mol. The van der Waals surface area contributed by atoms with Crippen molar-refractivity contribution in [3.8, 4) is 0 Å². The molecule has 0 aromatic carbocycles. The van der Waals surface area contributed by atoms with Crippen LogP contribution in [0.3, 0.4) is 0 Å². The van der Waals surface area contributed by atoms with Crippen molar-refractivity contribution in [2.45, 2.75) is 32.7 Å². The molecule has 5 nitrogen and oxygen atoms in total. The van der Waals surface area contributed by atoms with Gasteiger partial charge in [0.1, 0.15) is 6.04 Å². The van der Waals surface area contributed by atoms with E-state index < -0.39 is 0 Å². The van der Waals surface area contributed by atoms with E-state index in [1.54, 1.807) is 0 Å². The van der Waals surface area contributed by atoms with E-state index in [2.05, 4.69) is 9.97 Å². The number of carbonyl (C=O) groups is 1. The van der Waals surface area contributed by atoms with Gasteiger partial charge < -0.3 is 9.64 Å². The molecule has 0 unspecified atom stereocenters. The van der Waals surface area contributed by atoms with Crippen LogP contribution in [0.1, 0.15) is 24.2 Å². The Morgan fingerprint density at radius 3 is 2.65 bits per heavy atom. The first-order valence-corrected chi connectivity index (χ1v) is 5.78. The normalized spacial score (nSPS) is 19.5. The van der Waals surface area contributed by atoms with Gasteiger partial charge in [0.2, 0.25) is 5.95 Å². The Morgan fingerprint density at radius 1 is 1.41 bits per heavy atom. The minimum Gasteiger partial charge on any atom is -0.467 e. The van der Waals surface area contributed by atoms with E-state index in [4.69, 9.17) is 4.74 Å². The van der Waals surface area contributed by atoms with E-state index in [9.17, 15) is 4.79 Å². The molecule has 0 radical (unpaired) electrons. The van der Waals surface area contributed by atoms with Crippen LogP contribution >= 0.6 is 0 Å². The van der Waals surface area contributed by atoms with Crippen LogP contribution in [0, 0.1) is 13.8 Å². The summed E-state index contributed by atoms with van der Waals surface area (Å²) >= 11 is 0. The second-order valence-electron chi connectivity index (χ2n) is 4.33. The average molecular weight is 235 g/mol. The SMILES string of the molecule is COC(=O)[C@@H]1CCCN1c1nc(C)cc(C)n1. The van der Waals surface area contributed by atoms with E-state index in [-0.39, 0.29) is 12.0 Å². The molecule has 1 aromatic rings. The molecule has 1 aliphatic heterocycles. The Kier molecular flexibility index (Phi) is 3.26. The second-order valence-corrected chi connectivity index (χ2v) is 4.33. The summed E-state index contributed by atoms with van der Waals surface area (Å²) in [5.41, 5.74) is 1.84. The summed E-state index contributed by atoms with van der Waals surface area (Å²) in [5, 5.41) is 0. The molecule has 0 bridgehead atoms. The molecule has 0 spiro atoms. The number of esters is 1. The molecule has 2 rings (SSSR count). The predicted octanol–water partition coefficient (Wildman–Crippen LogP) is 1.24. The van der Waals surface area contributed by atoms with Crippen LogP contribution in [-0.4, -0.2) is 35.6 Å². The number of anilines is 1. The van der Waals surface area contributed by atoms with Crippen LogP contribution < -0.4 is 4.90 Å². The monoisotopic (exact) mass is 235 g/mol. The van der Waals surface area contributed by atoms with E-state index >= 15 is 0 Å². The highest BCUT2D eigenvalue weighted by Crippen LogP contribution is 2.23. The molecule has 1 atom stereocenters. The zero-order valence-corrected chi connectivity index (χ0v) is 10.4. The van der Waals surface area contributed by atoms with E-state index in [1.807, 2.05) is 24.8 Å². The fourth-order valence-corrected chi connectivity index (χ4v) is 2.22. The van der Waals surface area contributed by atoms with Crippen LogP contribution in [0.4, 0.5) is 5.95 Å². The van der Waals surface area contributed by atoms with Crippen molar-refractivity contribution in [1.29, 1.82) is 0 Å². The smallest absolute Gasteiger partial charge is 0.328 e. The van der Waals surface area contributed by atoms with Crippen molar-refractivity contribution in [1.82, 2.24) is 9.97 Å². The minimum absolute atomic E-state index is 0.203. The molecule has 0 aliphatic carbocycles. The number of hydrogen-bond donors (Lipinski definition) is 0. The highest BCUT2D eigenvalue weighted by molar-refractivity contribution is 5.79. The zero-order valence-electron chi connectivity index (χ0n) is 10.4. The summed E-state index contributed by atoms with van der Waals surface area (Å²) in [6.07, 6.45) is 1.78. The first-order valence-electron chi connectivity index (χ1n) is 5.78. The first-order chi connectivity index (χ1) is 8.11. The molecule has 0 saturated carbocycles. The summed E-state index contributed by atoms with van der Waals surface area (Å²) in [5.74, 6) is 0.431. The quantitative estimate of drug-likeness (QED) is 0.722. The Morgan fingerprint density at radius 2 is 2.06 bits per heavy atom. The first kappa shape index (κ1) is 11.8. The van der Waals surface area contributed by atoms with Crippen molar-refractivity contribution in [3.05, 3.63) is 17.5 Å². The third kappa shape index (κ3) is 2.38. The van der Waals surface area contributed by atoms with Gasteiger partial charge in [-0.05, 0) is 32.8 Å². The number of ether oxygens (including phenoxy) is 1. The summed E-state index contributed by atoms with van der Waals surface area (Å²) in [6, 6.07) is 1.69. The van der Waals surface area contributed by atoms with Gasteiger partial charge in [-0.2, -0.15) is 0 Å². The fourth-order valence-electron chi connectivity index (χ4n) is 2.22. The summed E-state index contributed by atoms with van der Waals surface area (Å²) in [6.45, 7) is 4.67. The molecule has 1 aromatic heterocycles. The van der Waals surface area contributed by atoms with Gasteiger partial charge in [-0.15, -0.1) is 0 Å². The summed E-state index contributed by atoms with van der Waals surface area (Å²) in [4.78, 5) is 22.4. The lowest BCUT2D eigenvalue weighted by atomic mass is 10.2. The standard InChI is InChI=1S/C12H17N3O2/c1-8-7-9(2)14-12(13-8)15-6-4-5-10(15)11(16)17-3/h7,10H,4-6H2,1-3H3/t10-/m0/s1. The van der Waals surface area contributed by atoms with Crippen molar-refractivity contribution >= 4 is 11.9 Å². The maximum absolute atomic E-state index is 11.6. The average Bonchev–Trinajstić information content (AvgIpc) is 2.75. The molecule has 17 heavy (non-hydrogen) atoms. The summed E-state index contributed by atoms with van der Waals surface area (Å²) in [7, 11) is 1.42. The fraction of sp³-hybridized carbons (Fsp3) is 0.583. The maximum Gasteiger partial charge on any atom is 0.328 e. The van der Waals surface area contributed by atoms with Crippen molar-refractivity contribution in [2.75, 3.05) is 18.6 Å². The van der Waals surface area contributed by atoms with Crippen molar-refractivity contribution in [2.24, 2.45) is 0 Å². The highest BCUT2D eigenvalue weighted by Gasteiger charge is 2.33. The Labute approximate surface area is 101 Å². The molecule has 92 valence electrons. The van der Waals surface area contributed by atoms with Crippen LogP contribution in [0.15, 0.2) is 6.07 Å². The van der Waals surface area contributed by atoms with E-state index in [0.29, 0.717) is 5.95 Å². The number of aryl methyl sites for hydroxylation is 2. The van der Waals surface area contributed by atoms with Gasteiger partial charge in [-0.25, -0.2) is 14.8 Å². The molecule has 5 heteroatoms. The van der Waals surface area contributed by atoms with Crippen molar-refractivity contribution in [3.63, 3.8) is 0 Å². The number of nitrogens with zero attached hydrogens (tertiary/aromatic N) is 3. The Bertz CT molecular complexity index is 414. The zero-order chi connectivity index (χ0) is 12.4. The molecule has 1 saturated heterocycles. The number of hydrogen-bond acceptors (Lipinski definition) is 5. The number of aromatic nitrogens is 2. The van der Waals surface area contributed by atoms with Gasteiger partial charge in [0, 0.05) is 17.9 Å². The van der Waals surface area contributed by atoms with Gasteiger partial charge in [-0.1, -0.05) is 0 Å². The van der Waals surface area contributed by atoms with Crippen LogP contribution in [-0.2, 0) is 9.53 Å². The molecule has 1 fully saturated rings. The van der Waals surface area contributed by atoms with Crippen LogP contribution in [0.5, 0.6) is 0 Å². The molecular formula is C12H17N3O2. The molecule has 1 aliphatic rings. The highest BCUT2D eigenvalue weighted by atomic mass is 16.5. The topological polar surface area (TPSA) is 55.3 Å². The molecule has 2 heterocycles. The van der Waals surface area contributed by atoms with Gasteiger partial charge in [0.05, 0.1) is 7.11 Å². The lowest BCUT2D eigenvalue weighted by Gasteiger charge is -2.22. The maximum atomic E-state index is 11.6. The van der Waals surface area contributed by atoms with E-state index in [0.717, 1.165) is 30.8 Å². The molecule has 0 amide bonds. The largest absolute Gasteiger partial charge is 0.467 e. The van der Waals surface area contributed by atoms with Gasteiger partial charge in [0.15, 0.2) is 0 Å². The van der Waals surface area contributed by atoms with Gasteiger partial charge in [0.25, 0.3) is 0 Å². The van der Waals surface area contributed by atoms with Crippen LogP contribution in [0.25, 0.3) is 0 Å². The Hall–Kier alpha value is -1.65. The minimum atomic E-state index is -0.235. The number of rotatable bonds is 2. The number of methoxy groups -OCH3 is 1.